The molecule has 0 radical (unpaired) electrons. The van der Waals surface area contributed by atoms with Crippen molar-refractivity contribution in [2.75, 3.05) is 20.1 Å². The minimum absolute atomic E-state index is 0.00634. The number of aromatic nitrogens is 2. The van der Waals surface area contributed by atoms with E-state index in [2.05, 4.69) is 20.3 Å². The predicted molar refractivity (Wildman–Crippen MR) is 93.3 cm³/mol. The normalized spacial score (nSPS) is 17.0. The zero-order valence-corrected chi connectivity index (χ0v) is 14.7. The van der Waals surface area contributed by atoms with Crippen LogP contribution >= 0.6 is 0 Å². The van der Waals surface area contributed by atoms with E-state index in [1.807, 2.05) is 0 Å². The number of rotatable bonds is 5. The van der Waals surface area contributed by atoms with E-state index in [1.54, 1.807) is 24.1 Å². The number of amides is 2. The Bertz CT molecular complexity index is 824. The Kier molecular flexibility index (Phi) is 5.68. The number of carbonyl (C=O) groups is 2. The van der Waals surface area contributed by atoms with E-state index in [4.69, 9.17) is 0 Å². The summed E-state index contributed by atoms with van der Waals surface area (Å²) in [6.07, 6.45) is 2.87. The summed E-state index contributed by atoms with van der Waals surface area (Å²) in [5, 5.41) is 9.30. The third-order valence-corrected chi connectivity index (χ3v) is 4.54. The van der Waals surface area contributed by atoms with Crippen molar-refractivity contribution in [1.29, 1.82) is 0 Å². The maximum Gasteiger partial charge on any atom is 0.387 e. The number of alkyl halides is 2. The van der Waals surface area contributed by atoms with Crippen LogP contribution < -0.4 is 10.1 Å². The van der Waals surface area contributed by atoms with Crippen LogP contribution in [0.1, 0.15) is 23.2 Å². The molecule has 2 N–H and O–H groups in total. The van der Waals surface area contributed by atoms with Crippen LogP contribution in [-0.4, -0.2) is 53.7 Å². The quantitative estimate of drug-likeness (QED) is 0.836. The third-order valence-electron chi connectivity index (χ3n) is 4.54. The number of H-pyrrole nitrogens is 1. The summed E-state index contributed by atoms with van der Waals surface area (Å²) in [4.78, 5) is 26.5. The molecule has 0 aliphatic carbocycles. The summed E-state index contributed by atoms with van der Waals surface area (Å²) in [6, 6.07) is 6.06. The van der Waals surface area contributed by atoms with Gasteiger partial charge in [0.1, 0.15) is 5.75 Å². The van der Waals surface area contributed by atoms with Crippen molar-refractivity contribution >= 4 is 11.8 Å². The van der Waals surface area contributed by atoms with Crippen LogP contribution in [0.5, 0.6) is 5.75 Å². The van der Waals surface area contributed by atoms with Crippen molar-refractivity contribution in [3.63, 3.8) is 0 Å². The molecule has 2 amide bonds. The van der Waals surface area contributed by atoms with E-state index in [9.17, 15) is 18.4 Å². The molecule has 1 aromatic carbocycles. The van der Waals surface area contributed by atoms with Gasteiger partial charge in [-0.25, -0.2) is 0 Å². The van der Waals surface area contributed by atoms with Crippen LogP contribution in [0.3, 0.4) is 0 Å². The highest BCUT2D eigenvalue weighted by Gasteiger charge is 2.30. The standard InChI is InChI=1S/C18H20F2N4O3/c1-21-16(25)12-5-3-7-24(10-12)17(26)14-9-22-23-15(14)11-4-2-6-13(8-11)27-18(19)20/h2,4,6,8-9,12,18H,3,5,7,10H2,1H3,(H,21,25)(H,22,23). The molecule has 1 atom stereocenters. The van der Waals surface area contributed by atoms with Crippen molar-refractivity contribution in [1.82, 2.24) is 20.4 Å². The maximum atomic E-state index is 13.0. The van der Waals surface area contributed by atoms with Gasteiger partial charge in [0.2, 0.25) is 5.91 Å². The van der Waals surface area contributed by atoms with Crippen molar-refractivity contribution in [2.24, 2.45) is 5.92 Å². The number of halogens is 2. The van der Waals surface area contributed by atoms with Crippen molar-refractivity contribution in [2.45, 2.75) is 19.5 Å². The smallest absolute Gasteiger partial charge is 0.387 e. The molecule has 1 saturated heterocycles. The minimum atomic E-state index is -2.93. The zero-order valence-electron chi connectivity index (χ0n) is 14.7. The van der Waals surface area contributed by atoms with Gasteiger partial charge in [-0.15, -0.1) is 0 Å². The van der Waals surface area contributed by atoms with Gasteiger partial charge in [-0.1, -0.05) is 12.1 Å². The second kappa shape index (κ2) is 8.15. The Morgan fingerprint density at radius 1 is 1.41 bits per heavy atom. The topological polar surface area (TPSA) is 87.3 Å². The molecule has 0 saturated carbocycles. The molecule has 9 heteroatoms. The molecule has 0 bridgehead atoms. The number of hydrogen-bond donors (Lipinski definition) is 2. The number of nitrogens with one attached hydrogen (secondary N) is 2. The fourth-order valence-corrected chi connectivity index (χ4v) is 3.25. The lowest BCUT2D eigenvalue weighted by atomic mass is 9.96. The predicted octanol–water partition coefficient (Wildman–Crippen LogP) is 2.28. The summed E-state index contributed by atoms with van der Waals surface area (Å²) < 4.78 is 29.3. The Morgan fingerprint density at radius 2 is 2.22 bits per heavy atom. The summed E-state index contributed by atoms with van der Waals surface area (Å²) >= 11 is 0. The molecule has 2 heterocycles. The van der Waals surface area contributed by atoms with E-state index in [0.29, 0.717) is 29.9 Å². The Morgan fingerprint density at radius 3 is 2.96 bits per heavy atom. The molecule has 1 unspecified atom stereocenters. The first-order valence-corrected chi connectivity index (χ1v) is 8.59. The maximum absolute atomic E-state index is 13.0. The van der Waals surface area contributed by atoms with Crippen molar-refractivity contribution < 1.29 is 23.1 Å². The van der Waals surface area contributed by atoms with Gasteiger partial charge in [0.25, 0.3) is 5.91 Å². The van der Waals surface area contributed by atoms with Crippen LogP contribution in [0.15, 0.2) is 30.5 Å². The highest BCUT2D eigenvalue weighted by molar-refractivity contribution is 6.00. The summed E-state index contributed by atoms with van der Waals surface area (Å²) in [7, 11) is 1.58. The van der Waals surface area contributed by atoms with Gasteiger partial charge in [0, 0.05) is 25.7 Å². The van der Waals surface area contributed by atoms with Crippen LogP contribution in [0.4, 0.5) is 8.78 Å². The number of hydrogen-bond acceptors (Lipinski definition) is 4. The average Bonchev–Trinajstić information content (AvgIpc) is 3.16. The number of likely N-dealkylation sites (tertiary alicyclic amines) is 1. The van der Waals surface area contributed by atoms with Crippen molar-refractivity contribution in [3.8, 4) is 17.0 Å². The molecule has 2 aromatic rings. The summed E-state index contributed by atoms with van der Waals surface area (Å²) in [5.41, 5.74) is 1.25. The first-order valence-electron chi connectivity index (χ1n) is 8.59. The van der Waals surface area contributed by atoms with Crippen LogP contribution in [0, 0.1) is 5.92 Å². The Hall–Kier alpha value is -2.97. The number of piperidine rings is 1. The summed E-state index contributed by atoms with van der Waals surface area (Å²) in [5.74, 6) is -0.594. The molecule has 144 valence electrons. The molecule has 1 fully saturated rings. The van der Waals surface area contributed by atoms with E-state index in [0.717, 1.165) is 12.8 Å². The van der Waals surface area contributed by atoms with Crippen LogP contribution in [0.25, 0.3) is 11.3 Å². The summed E-state index contributed by atoms with van der Waals surface area (Å²) in [6.45, 7) is -2.05. The lowest BCUT2D eigenvalue weighted by Gasteiger charge is -2.31. The average molecular weight is 378 g/mol. The van der Waals surface area contributed by atoms with Crippen LogP contribution in [0.2, 0.25) is 0 Å². The van der Waals surface area contributed by atoms with Gasteiger partial charge in [0.05, 0.1) is 23.4 Å². The SMILES string of the molecule is CNC(=O)C1CCCN(C(=O)c2cn[nH]c2-c2cccc(OC(F)F)c2)C1. The van der Waals surface area contributed by atoms with Gasteiger partial charge in [-0.3, -0.25) is 14.7 Å². The molecule has 1 aliphatic heterocycles. The molecular weight excluding hydrogens is 358 g/mol. The fraction of sp³-hybridized carbons (Fsp3) is 0.389. The largest absolute Gasteiger partial charge is 0.435 e. The monoisotopic (exact) mass is 378 g/mol. The fourth-order valence-electron chi connectivity index (χ4n) is 3.25. The highest BCUT2D eigenvalue weighted by Crippen LogP contribution is 2.28. The van der Waals surface area contributed by atoms with Gasteiger partial charge < -0.3 is 15.0 Å². The van der Waals surface area contributed by atoms with Crippen molar-refractivity contribution in [3.05, 3.63) is 36.0 Å². The second-order valence-corrected chi connectivity index (χ2v) is 6.27. The van der Waals surface area contributed by atoms with E-state index < -0.39 is 6.61 Å². The van der Waals surface area contributed by atoms with Gasteiger partial charge in [-0.2, -0.15) is 13.9 Å². The zero-order chi connectivity index (χ0) is 19.4. The molecule has 7 nitrogen and oxygen atoms in total. The lowest BCUT2D eigenvalue weighted by Crippen LogP contribution is -2.44. The number of carbonyl (C=O) groups excluding carboxylic acids is 2. The second-order valence-electron chi connectivity index (χ2n) is 6.27. The van der Waals surface area contributed by atoms with Gasteiger partial charge >= 0.3 is 6.61 Å². The number of benzene rings is 1. The van der Waals surface area contributed by atoms with Gasteiger partial charge in [-0.05, 0) is 25.0 Å². The molecule has 1 aliphatic rings. The first kappa shape index (κ1) is 18.8. The van der Waals surface area contributed by atoms with E-state index in [1.165, 1.54) is 18.3 Å². The molecule has 27 heavy (non-hydrogen) atoms. The Labute approximate surface area is 154 Å². The van der Waals surface area contributed by atoms with Gasteiger partial charge in [0.15, 0.2) is 0 Å². The third kappa shape index (κ3) is 4.24. The minimum Gasteiger partial charge on any atom is -0.435 e. The number of nitrogens with zero attached hydrogens (tertiary/aromatic N) is 2. The first-order chi connectivity index (χ1) is 13.0. The van der Waals surface area contributed by atoms with E-state index >= 15 is 0 Å². The molecular formula is C18H20F2N4O3. The molecule has 3 rings (SSSR count). The highest BCUT2D eigenvalue weighted by atomic mass is 19.3. The lowest BCUT2D eigenvalue weighted by molar-refractivity contribution is -0.125. The molecule has 1 aromatic heterocycles. The van der Waals surface area contributed by atoms with E-state index in [-0.39, 0.29) is 23.5 Å². The Balaban J connectivity index is 1.82. The van der Waals surface area contributed by atoms with Crippen LogP contribution in [-0.2, 0) is 4.79 Å². The molecule has 0 spiro atoms. The number of ether oxygens (including phenoxy) is 1. The number of aromatic amines is 1.